The molecule has 0 saturated carbocycles. The Morgan fingerprint density at radius 3 is 2.81 bits per heavy atom. The Bertz CT molecular complexity index is 670. The molecule has 0 radical (unpaired) electrons. The van der Waals surface area contributed by atoms with E-state index in [1.165, 1.54) is 6.07 Å². The molecule has 2 aromatic rings. The summed E-state index contributed by atoms with van der Waals surface area (Å²) in [4.78, 5) is 6.56. The molecule has 1 aromatic carbocycles. The van der Waals surface area contributed by atoms with Crippen molar-refractivity contribution in [3.05, 3.63) is 29.6 Å². The highest BCUT2D eigenvalue weighted by molar-refractivity contribution is 6.16. The molecular formula is C15H18ClF2N3. The van der Waals surface area contributed by atoms with Gasteiger partial charge in [-0.05, 0) is 32.9 Å². The highest BCUT2D eigenvalue weighted by Crippen LogP contribution is 2.32. The van der Waals surface area contributed by atoms with Crippen molar-refractivity contribution < 1.29 is 8.78 Å². The van der Waals surface area contributed by atoms with E-state index in [4.69, 9.17) is 11.6 Å². The lowest BCUT2D eigenvalue weighted by Crippen LogP contribution is -2.38. The lowest BCUT2D eigenvalue weighted by atomic mass is 9.98. The third-order valence-corrected chi connectivity index (χ3v) is 4.69. The second-order valence-corrected chi connectivity index (χ2v) is 6.06. The molecule has 3 rings (SSSR count). The molecule has 2 unspecified atom stereocenters. The minimum absolute atomic E-state index is 0.177. The molecule has 3 nitrogen and oxygen atoms in total. The van der Waals surface area contributed by atoms with Crippen LogP contribution in [0.25, 0.3) is 11.0 Å². The van der Waals surface area contributed by atoms with Crippen molar-refractivity contribution in [3.8, 4) is 0 Å². The number of benzene rings is 1. The van der Waals surface area contributed by atoms with Crippen molar-refractivity contribution in [2.45, 2.75) is 37.7 Å². The quantitative estimate of drug-likeness (QED) is 0.788. The van der Waals surface area contributed by atoms with Gasteiger partial charge in [-0.25, -0.2) is 13.8 Å². The van der Waals surface area contributed by atoms with Crippen LogP contribution in [0, 0.1) is 11.6 Å². The summed E-state index contributed by atoms with van der Waals surface area (Å²) in [6.45, 7) is 3.11. The molecule has 1 saturated heterocycles. The predicted octanol–water partition coefficient (Wildman–Crippen LogP) is 3.71. The summed E-state index contributed by atoms with van der Waals surface area (Å²) in [6, 6.07) is 2.82. The van der Waals surface area contributed by atoms with Crippen molar-refractivity contribution >= 4 is 22.6 Å². The SMILES string of the molecule is CC1CC(n2c(CCl)nc3c(F)cc(F)cc32)CCN1C. The molecule has 1 aliphatic rings. The van der Waals surface area contributed by atoms with Crippen molar-refractivity contribution in [3.63, 3.8) is 0 Å². The number of imidazole rings is 1. The van der Waals surface area contributed by atoms with Crippen LogP contribution in [0.15, 0.2) is 12.1 Å². The number of rotatable bonds is 2. The van der Waals surface area contributed by atoms with Crippen molar-refractivity contribution in [2.75, 3.05) is 13.6 Å². The van der Waals surface area contributed by atoms with E-state index in [9.17, 15) is 8.78 Å². The van der Waals surface area contributed by atoms with Crippen molar-refractivity contribution in [1.29, 1.82) is 0 Å². The first-order chi connectivity index (χ1) is 10.0. The highest BCUT2D eigenvalue weighted by Gasteiger charge is 2.27. The Morgan fingerprint density at radius 2 is 2.14 bits per heavy atom. The van der Waals surface area contributed by atoms with Gasteiger partial charge < -0.3 is 9.47 Å². The van der Waals surface area contributed by atoms with Crippen LogP contribution >= 0.6 is 11.6 Å². The summed E-state index contributed by atoms with van der Waals surface area (Å²) in [7, 11) is 2.09. The number of likely N-dealkylation sites (tertiary alicyclic amines) is 1. The molecule has 0 amide bonds. The molecule has 21 heavy (non-hydrogen) atoms. The average molecular weight is 314 g/mol. The van der Waals surface area contributed by atoms with Gasteiger partial charge in [0.15, 0.2) is 5.82 Å². The van der Waals surface area contributed by atoms with E-state index in [1.807, 2.05) is 4.57 Å². The zero-order valence-electron chi connectivity index (χ0n) is 12.1. The van der Waals surface area contributed by atoms with Crippen LogP contribution in [-0.2, 0) is 5.88 Å². The molecule has 1 aromatic heterocycles. The molecule has 1 fully saturated rings. The summed E-state index contributed by atoms with van der Waals surface area (Å²) in [5.74, 6) is -0.409. The number of hydrogen-bond donors (Lipinski definition) is 0. The van der Waals surface area contributed by atoms with Crippen molar-refractivity contribution in [2.24, 2.45) is 0 Å². The Labute approximate surface area is 127 Å². The van der Waals surface area contributed by atoms with Gasteiger partial charge in [0.1, 0.15) is 17.2 Å². The molecule has 0 bridgehead atoms. The fraction of sp³-hybridized carbons (Fsp3) is 0.533. The van der Waals surface area contributed by atoms with E-state index >= 15 is 0 Å². The number of hydrogen-bond acceptors (Lipinski definition) is 2. The van der Waals surface area contributed by atoms with E-state index < -0.39 is 11.6 Å². The normalized spacial score (nSPS) is 23.9. The second kappa shape index (κ2) is 5.54. The fourth-order valence-corrected chi connectivity index (χ4v) is 3.36. The Hall–Kier alpha value is -1.20. The van der Waals surface area contributed by atoms with Crippen LogP contribution in [0.3, 0.4) is 0 Å². The molecular weight excluding hydrogens is 296 g/mol. The second-order valence-electron chi connectivity index (χ2n) is 5.79. The van der Waals surface area contributed by atoms with Crippen LogP contribution in [0.2, 0.25) is 0 Å². The van der Waals surface area contributed by atoms with E-state index in [-0.39, 0.29) is 17.4 Å². The molecule has 0 N–H and O–H groups in total. The average Bonchev–Trinajstić information content (AvgIpc) is 2.80. The van der Waals surface area contributed by atoms with Crippen LogP contribution < -0.4 is 0 Å². The number of piperidine rings is 1. The molecule has 0 spiro atoms. The number of alkyl halides is 1. The number of halogens is 3. The first kappa shape index (κ1) is 14.7. The molecule has 6 heteroatoms. The largest absolute Gasteiger partial charge is 0.324 e. The van der Waals surface area contributed by atoms with Gasteiger partial charge in [0.2, 0.25) is 0 Å². The highest BCUT2D eigenvalue weighted by atomic mass is 35.5. The van der Waals surface area contributed by atoms with E-state index in [0.717, 1.165) is 25.5 Å². The van der Waals surface area contributed by atoms with Gasteiger partial charge >= 0.3 is 0 Å². The molecule has 114 valence electrons. The molecule has 2 heterocycles. The van der Waals surface area contributed by atoms with E-state index in [0.29, 0.717) is 17.4 Å². The minimum atomic E-state index is -0.629. The third-order valence-electron chi connectivity index (χ3n) is 4.45. The number of fused-ring (bicyclic) bond motifs is 1. The van der Waals surface area contributed by atoms with Gasteiger partial charge in [-0.2, -0.15) is 0 Å². The van der Waals surface area contributed by atoms with Crippen molar-refractivity contribution in [1.82, 2.24) is 14.5 Å². The first-order valence-corrected chi connectivity index (χ1v) is 7.66. The van der Waals surface area contributed by atoms with Gasteiger partial charge in [0.25, 0.3) is 0 Å². The smallest absolute Gasteiger partial charge is 0.153 e. The maximum atomic E-state index is 13.9. The monoisotopic (exact) mass is 313 g/mol. The maximum Gasteiger partial charge on any atom is 0.153 e. The lowest BCUT2D eigenvalue weighted by Gasteiger charge is -2.36. The zero-order chi connectivity index (χ0) is 15.1. The summed E-state index contributed by atoms with van der Waals surface area (Å²) in [5, 5.41) is 0. The first-order valence-electron chi connectivity index (χ1n) is 7.13. The van der Waals surface area contributed by atoms with Crippen LogP contribution in [0.4, 0.5) is 8.78 Å². The Morgan fingerprint density at radius 1 is 1.38 bits per heavy atom. The van der Waals surface area contributed by atoms with Gasteiger partial charge in [0, 0.05) is 24.7 Å². The van der Waals surface area contributed by atoms with E-state index in [2.05, 4.69) is 23.9 Å². The van der Waals surface area contributed by atoms with Gasteiger partial charge in [-0.3, -0.25) is 0 Å². The van der Waals surface area contributed by atoms with Crippen LogP contribution in [-0.4, -0.2) is 34.1 Å². The molecule has 0 aliphatic carbocycles. The van der Waals surface area contributed by atoms with Gasteiger partial charge in [-0.1, -0.05) is 0 Å². The predicted molar refractivity (Wildman–Crippen MR) is 79.6 cm³/mol. The zero-order valence-corrected chi connectivity index (χ0v) is 12.9. The summed E-state index contributed by atoms with van der Waals surface area (Å²) >= 11 is 5.97. The third kappa shape index (κ3) is 2.53. The van der Waals surface area contributed by atoms with Gasteiger partial charge in [0.05, 0.1) is 11.4 Å². The summed E-state index contributed by atoms with van der Waals surface area (Å²) in [5.41, 5.74) is 0.712. The maximum absolute atomic E-state index is 13.9. The Balaban J connectivity index is 2.12. The van der Waals surface area contributed by atoms with Gasteiger partial charge in [-0.15, -0.1) is 11.6 Å². The minimum Gasteiger partial charge on any atom is -0.324 e. The fourth-order valence-electron chi connectivity index (χ4n) is 3.17. The summed E-state index contributed by atoms with van der Waals surface area (Å²) in [6.07, 6.45) is 1.85. The van der Waals surface area contributed by atoms with E-state index in [1.54, 1.807) is 0 Å². The van der Waals surface area contributed by atoms with Crippen LogP contribution in [0.1, 0.15) is 31.6 Å². The Kier molecular flexibility index (Phi) is 3.88. The topological polar surface area (TPSA) is 21.1 Å². The van der Waals surface area contributed by atoms with Crippen LogP contribution in [0.5, 0.6) is 0 Å². The number of nitrogens with zero attached hydrogens (tertiary/aromatic N) is 3. The standard InChI is InChI=1S/C15H18ClF2N3/c1-9-5-11(3-4-20(9)2)21-13-7-10(17)6-12(18)15(13)19-14(21)8-16/h6-7,9,11H,3-5,8H2,1-2H3. The lowest BCUT2D eigenvalue weighted by molar-refractivity contribution is 0.157. The molecule has 2 atom stereocenters. The molecule has 1 aliphatic heterocycles. The summed E-state index contributed by atoms with van der Waals surface area (Å²) < 4.78 is 29.4. The number of aromatic nitrogens is 2.